The summed E-state index contributed by atoms with van der Waals surface area (Å²) < 4.78 is 8.15. The monoisotopic (exact) mass is 397 g/mol. The fourth-order valence-corrected chi connectivity index (χ4v) is 2.79. The molecule has 0 atom stereocenters. The van der Waals surface area contributed by atoms with Gasteiger partial charge in [0.25, 0.3) is 0 Å². The van der Waals surface area contributed by atoms with Gasteiger partial charge in [0.05, 0.1) is 12.8 Å². The van der Waals surface area contributed by atoms with E-state index in [-0.39, 0.29) is 28.8 Å². The number of hydrogen-bond donors (Lipinski definition) is 2. The number of ketones is 2. The van der Waals surface area contributed by atoms with Crippen LogP contribution in [0.4, 0.5) is 11.6 Å². The summed E-state index contributed by atoms with van der Waals surface area (Å²) in [5.74, 6) is 0.595. The lowest BCUT2D eigenvalue weighted by molar-refractivity contribution is 0.0964. The van der Waals surface area contributed by atoms with Crippen LogP contribution < -0.4 is 15.9 Å². The number of nitrogens with two attached hydrogens (primary N) is 1. The molecular formula is C19H19N5O3S. The molecule has 3 N–H and O–H groups in total. The Morgan fingerprint density at radius 1 is 1.11 bits per heavy atom. The molecule has 1 heterocycles. The van der Waals surface area contributed by atoms with E-state index in [1.165, 1.54) is 16.3 Å². The Bertz CT molecular complexity index is 1070. The number of carbonyl (C=O) groups is 2. The lowest BCUT2D eigenvalue weighted by Gasteiger charge is -2.08. The summed E-state index contributed by atoms with van der Waals surface area (Å²) in [4.78, 5) is 23.9. The molecule has 0 amide bonds. The molecule has 0 aliphatic rings. The highest BCUT2D eigenvalue weighted by molar-refractivity contribution is 7.71. The summed E-state index contributed by atoms with van der Waals surface area (Å²) >= 11 is 5.38. The van der Waals surface area contributed by atoms with Gasteiger partial charge in [-0.25, -0.2) is 4.68 Å². The van der Waals surface area contributed by atoms with Gasteiger partial charge in [-0.15, -0.1) is 5.10 Å². The molecular weight excluding hydrogens is 378 g/mol. The number of nitrogens with zero attached hydrogens (tertiary/aromatic N) is 3. The van der Waals surface area contributed by atoms with E-state index in [4.69, 9.17) is 22.7 Å². The summed E-state index contributed by atoms with van der Waals surface area (Å²) in [6.45, 7) is 1.40. The number of rotatable bonds is 7. The quantitative estimate of drug-likeness (QED) is 0.466. The fourth-order valence-electron chi connectivity index (χ4n) is 2.55. The Morgan fingerprint density at radius 2 is 1.71 bits per heavy atom. The molecule has 0 aliphatic heterocycles. The molecule has 28 heavy (non-hydrogen) atoms. The van der Waals surface area contributed by atoms with Gasteiger partial charge in [0.2, 0.25) is 10.7 Å². The number of methoxy groups -OCH3 is 1. The van der Waals surface area contributed by atoms with Crippen molar-refractivity contribution in [1.29, 1.82) is 0 Å². The predicted octanol–water partition coefficient (Wildman–Crippen LogP) is 2.97. The van der Waals surface area contributed by atoms with Crippen molar-refractivity contribution in [2.45, 2.75) is 13.5 Å². The third kappa shape index (κ3) is 4.09. The van der Waals surface area contributed by atoms with Gasteiger partial charge in [-0.1, -0.05) is 24.3 Å². The second-order valence-electron chi connectivity index (χ2n) is 6.03. The molecule has 0 saturated heterocycles. The van der Waals surface area contributed by atoms with Gasteiger partial charge in [0.15, 0.2) is 11.6 Å². The first kappa shape index (κ1) is 19.3. The Balaban J connectivity index is 1.78. The largest absolute Gasteiger partial charge is 0.497 e. The topological polar surface area (TPSA) is 104 Å². The van der Waals surface area contributed by atoms with E-state index in [2.05, 4.69) is 10.5 Å². The number of nitrogens with one attached hydrogen (secondary N) is 1. The van der Waals surface area contributed by atoms with E-state index in [0.717, 1.165) is 11.4 Å². The number of Topliss-reactive ketones (excluding diaryl/α,β-unsaturated/α-hetero) is 2. The van der Waals surface area contributed by atoms with Crippen molar-refractivity contribution in [3.05, 3.63) is 64.4 Å². The predicted molar refractivity (Wildman–Crippen MR) is 108 cm³/mol. The number of nitrogen functional groups attached to an aromatic ring is 1. The molecule has 1 aromatic heterocycles. The first-order chi connectivity index (χ1) is 13.4. The molecule has 0 saturated carbocycles. The summed E-state index contributed by atoms with van der Waals surface area (Å²) in [6.07, 6.45) is 0. The molecule has 0 fully saturated rings. The van der Waals surface area contributed by atoms with Gasteiger partial charge in [-0.05, 0) is 43.4 Å². The molecule has 3 rings (SSSR count). The second-order valence-corrected chi connectivity index (χ2v) is 6.40. The molecule has 0 radical (unpaired) electrons. The summed E-state index contributed by atoms with van der Waals surface area (Å²) in [5, 5.41) is 4.14. The highest BCUT2D eigenvalue weighted by atomic mass is 32.1. The third-order valence-electron chi connectivity index (χ3n) is 4.10. The van der Waals surface area contributed by atoms with Gasteiger partial charge >= 0.3 is 0 Å². The Morgan fingerprint density at radius 3 is 2.29 bits per heavy atom. The summed E-state index contributed by atoms with van der Waals surface area (Å²) in [6, 6.07) is 13.6. The molecule has 8 nitrogen and oxygen atoms in total. The van der Waals surface area contributed by atoms with Crippen LogP contribution in [-0.2, 0) is 6.54 Å². The first-order valence-corrected chi connectivity index (χ1v) is 8.80. The van der Waals surface area contributed by atoms with E-state index in [0.29, 0.717) is 11.1 Å². The van der Waals surface area contributed by atoms with Crippen LogP contribution in [0.2, 0.25) is 0 Å². The average molecular weight is 397 g/mol. The molecule has 0 spiro atoms. The maximum atomic E-state index is 12.5. The second kappa shape index (κ2) is 8.05. The van der Waals surface area contributed by atoms with Crippen LogP contribution in [-0.4, -0.2) is 33.1 Å². The number of carbonyl (C=O) groups excluding carboxylic acids is 2. The highest BCUT2D eigenvalue weighted by Gasteiger charge is 2.13. The van der Waals surface area contributed by atoms with Crippen LogP contribution in [0.1, 0.15) is 27.6 Å². The van der Waals surface area contributed by atoms with Crippen molar-refractivity contribution in [2.75, 3.05) is 18.3 Å². The van der Waals surface area contributed by atoms with Crippen LogP contribution in [0.3, 0.4) is 0 Å². The zero-order chi connectivity index (χ0) is 20.3. The van der Waals surface area contributed by atoms with Crippen molar-refractivity contribution in [2.24, 2.45) is 0 Å². The number of anilines is 2. The maximum absolute atomic E-state index is 12.5. The van der Waals surface area contributed by atoms with E-state index in [1.54, 1.807) is 55.6 Å². The first-order valence-electron chi connectivity index (χ1n) is 8.39. The number of hydrogen-bond acceptors (Lipinski definition) is 7. The van der Waals surface area contributed by atoms with Crippen LogP contribution in [0, 0.1) is 4.77 Å². The third-order valence-corrected chi connectivity index (χ3v) is 4.50. The molecule has 0 bridgehead atoms. The molecule has 0 unspecified atom stereocenters. The summed E-state index contributed by atoms with van der Waals surface area (Å²) in [7, 11) is 1.59. The van der Waals surface area contributed by atoms with Crippen molar-refractivity contribution in [3.63, 3.8) is 0 Å². The van der Waals surface area contributed by atoms with E-state index in [9.17, 15) is 9.59 Å². The van der Waals surface area contributed by atoms with Crippen LogP contribution >= 0.6 is 12.2 Å². The molecule has 0 aliphatic carbocycles. The van der Waals surface area contributed by atoms with Crippen LogP contribution in [0.5, 0.6) is 5.75 Å². The minimum Gasteiger partial charge on any atom is -0.497 e. The van der Waals surface area contributed by atoms with E-state index >= 15 is 0 Å². The van der Waals surface area contributed by atoms with Crippen molar-refractivity contribution in [3.8, 4) is 5.75 Å². The van der Waals surface area contributed by atoms with Gasteiger partial charge in [0.1, 0.15) is 12.3 Å². The van der Waals surface area contributed by atoms with Crippen LogP contribution in [0.25, 0.3) is 0 Å². The Labute approximate surface area is 166 Å². The molecule has 2 aromatic carbocycles. The lowest BCUT2D eigenvalue weighted by Crippen LogP contribution is -2.14. The van der Waals surface area contributed by atoms with Gasteiger partial charge in [-0.2, -0.15) is 4.68 Å². The van der Waals surface area contributed by atoms with Gasteiger partial charge < -0.3 is 10.5 Å². The standard InChI is InChI=1S/C19H19N5O3S/c1-12(25)13-3-5-14(6-4-13)17(26)11-23-19(28)24(18(20)22-23)21-15-7-9-16(27-2)10-8-15/h3-10,21H,11H2,1-2H3,(H2,20,22). The average Bonchev–Trinajstić information content (AvgIpc) is 2.96. The Kier molecular flexibility index (Phi) is 5.55. The number of aromatic nitrogens is 3. The Hall–Kier alpha value is -3.46. The van der Waals surface area contributed by atoms with E-state index < -0.39 is 0 Å². The smallest absolute Gasteiger partial charge is 0.240 e. The van der Waals surface area contributed by atoms with Crippen molar-refractivity contribution in [1.82, 2.24) is 14.5 Å². The maximum Gasteiger partial charge on any atom is 0.240 e. The lowest BCUT2D eigenvalue weighted by atomic mass is 10.1. The van der Waals surface area contributed by atoms with Crippen molar-refractivity contribution < 1.29 is 14.3 Å². The molecule has 9 heteroatoms. The zero-order valence-electron chi connectivity index (χ0n) is 15.4. The van der Waals surface area contributed by atoms with Gasteiger partial charge in [0, 0.05) is 11.1 Å². The van der Waals surface area contributed by atoms with Crippen LogP contribution in [0.15, 0.2) is 48.5 Å². The number of ether oxygens (including phenoxy) is 1. The fraction of sp³-hybridized carbons (Fsp3) is 0.158. The highest BCUT2D eigenvalue weighted by Crippen LogP contribution is 2.16. The van der Waals surface area contributed by atoms with E-state index in [1.807, 2.05) is 0 Å². The minimum absolute atomic E-state index is 0.0580. The van der Waals surface area contributed by atoms with Gasteiger partial charge in [-0.3, -0.25) is 15.0 Å². The number of benzene rings is 2. The molecule has 3 aromatic rings. The summed E-state index contributed by atoms with van der Waals surface area (Å²) in [5.41, 5.74) is 10.7. The normalized spacial score (nSPS) is 10.5. The molecule has 144 valence electrons. The van der Waals surface area contributed by atoms with Crippen molar-refractivity contribution >= 4 is 35.4 Å². The minimum atomic E-state index is -0.194. The zero-order valence-corrected chi connectivity index (χ0v) is 16.2. The SMILES string of the molecule is COc1ccc(Nn2c(N)nn(CC(=O)c3ccc(C(C)=O)cc3)c2=S)cc1.